The fourth-order valence-corrected chi connectivity index (χ4v) is 5.49. The first-order valence-electron chi connectivity index (χ1n) is 10.2. The maximum Gasteiger partial charge on any atom is 0.359 e. The van der Waals surface area contributed by atoms with Gasteiger partial charge in [-0.15, -0.1) is 0 Å². The molecule has 7 heteroatoms. The number of carboxylic acid groups (broad SMARTS) is 1. The fourth-order valence-electron chi connectivity index (χ4n) is 5.49. The average Bonchev–Trinajstić information content (AvgIpc) is 2.89. The smallest absolute Gasteiger partial charge is 0.359 e. The van der Waals surface area contributed by atoms with Crippen LogP contribution in [-0.2, 0) is 9.59 Å². The molecule has 3 atom stereocenters. The first-order valence-corrected chi connectivity index (χ1v) is 10.2. The van der Waals surface area contributed by atoms with Gasteiger partial charge < -0.3 is 10.2 Å². The Hall–Kier alpha value is -2.25. The monoisotopic (exact) mass is 385 g/mol. The molecule has 4 rings (SSSR count). The van der Waals surface area contributed by atoms with Gasteiger partial charge in [0.15, 0.2) is 5.57 Å². The van der Waals surface area contributed by atoms with Crippen LogP contribution in [0.5, 0.6) is 0 Å². The second-order valence-corrected chi connectivity index (χ2v) is 8.31. The second-order valence-electron chi connectivity index (χ2n) is 8.31. The largest absolute Gasteiger partial charge is 0.871 e. The quantitative estimate of drug-likeness (QED) is 0.610. The molecule has 150 valence electrons. The van der Waals surface area contributed by atoms with E-state index in [0.717, 1.165) is 38.5 Å². The molecule has 28 heavy (non-hydrogen) atoms. The Morgan fingerprint density at radius 3 is 2.64 bits per heavy atom. The van der Waals surface area contributed by atoms with Crippen molar-refractivity contribution in [3.05, 3.63) is 29.5 Å². The standard InChI is InChI=1S/C21H27N3O4/c1-3-4-10-24(15-11-13-7-8-14(12-15)23(13)2)19-16(6-5-9-22-19)18(25)17(20(24)26)21(27)28/h5-6,9,13-15H,3-4,7-8,10-12H2,1-2H3,(H-,25,26,27,28). The van der Waals surface area contributed by atoms with Gasteiger partial charge in [0.25, 0.3) is 0 Å². The van der Waals surface area contributed by atoms with Crippen LogP contribution in [0.25, 0.3) is 5.76 Å². The van der Waals surface area contributed by atoms with Crippen molar-refractivity contribution in [2.45, 2.75) is 63.6 Å². The van der Waals surface area contributed by atoms with Crippen molar-refractivity contribution < 1.29 is 19.8 Å². The van der Waals surface area contributed by atoms with Crippen LogP contribution in [0.1, 0.15) is 51.0 Å². The molecule has 3 aliphatic rings. The number of carbonyl (C=O) groups excluding carboxylic acids is 1. The summed E-state index contributed by atoms with van der Waals surface area (Å²) < 4.78 is -0.113. The number of piperidine rings is 1. The third-order valence-electron chi connectivity index (χ3n) is 6.99. The number of unbranched alkanes of at least 4 members (excludes halogenated alkanes) is 1. The zero-order chi connectivity index (χ0) is 20.1. The lowest BCUT2D eigenvalue weighted by molar-refractivity contribution is -0.245. The van der Waals surface area contributed by atoms with E-state index in [2.05, 4.69) is 23.9 Å². The third-order valence-corrected chi connectivity index (χ3v) is 6.99. The summed E-state index contributed by atoms with van der Waals surface area (Å²) in [6.07, 6.45) is 7.09. The van der Waals surface area contributed by atoms with Gasteiger partial charge in [0.1, 0.15) is 6.04 Å². The lowest BCUT2D eigenvalue weighted by atomic mass is 9.89. The van der Waals surface area contributed by atoms with Crippen molar-refractivity contribution >= 4 is 23.5 Å². The van der Waals surface area contributed by atoms with E-state index in [1.54, 1.807) is 18.3 Å². The molecular weight excluding hydrogens is 358 g/mol. The molecule has 0 radical (unpaired) electrons. The van der Waals surface area contributed by atoms with E-state index in [4.69, 9.17) is 0 Å². The molecule has 0 spiro atoms. The molecule has 3 aliphatic heterocycles. The van der Waals surface area contributed by atoms with E-state index in [0.29, 0.717) is 24.4 Å². The summed E-state index contributed by atoms with van der Waals surface area (Å²) in [5.74, 6) is -2.27. The molecule has 1 aromatic heterocycles. The number of aromatic nitrogens is 1. The van der Waals surface area contributed by atoms with Gasteiger partial charge in [0.2, 0.25) is 5.82 Å². The molecule has 7 nitrogen and oxygen atoms in total. The highest BCUT2D eigenvalue weighted by Gasteiger charge is 2.57. The van der Waals surface area contributed by atoms with Gasteiger partial charge in [-0.1, -0.05) is 19.1 Å². The average molecular weight is 385 g/mol. The second kappa shape index (κ2) is 6.97. The van der Waals surface area contributed by atoms with Crippen LogP contribution >= 0.6 is 0 Å². The molecule has 1 amide bonds. The Morgan fingerprint density at radius 1 is 1.36 bits per heavy atom. The normalized spacial score (nSPS) is 32.5. The number of carboxylic acids is 1. The lowest BCUT2D eigenvalue weighted by Crippen LogP contribution is -2.67. The number of rotatable bonds is 5. The molecular formula is C21H27N3O4. The number of amides is 1. The van der Waals surface area contributed by atoms with Crippen molar-refractivity contribution in [3.63, 3.8) is 0 Å². The number of fused-ring (bicyclic) bond motifs is 3. The van der Waals surface area contributed by atoms with Crippen molar-refractivity contribution in [3.8, 4) is 0 Å². The van der Waals surface area contributed by atoms with Crippen LogP contribution in [0, 0.1) is 0 Å². The van der Waals surface area contributed by atoms with Crippen molar-refractivity contribution in [1.82, 2.24) is 14.4 Å². The highest BCUT2D eigenvalue weighted by atomic mass is 16.4. The highest BCUT2D eigenvalue weighted by molar-refractivity contribution is 6.25. The zero-order valence-electron chi connectivity index (χ0n) is 16.4. The molecule has 0 aromatic carbocycles. The molecule has 2 fully saturated rings. The van der Waals surface area contributed by atoms with Gasteiger partial charge in [0.05, 0.1) is 12.1 Å². The van der Waals surface area contributed by atoms with Crippen LogP contribution in [0.4, 0.5) is 5.82 Å². The summed E-state index contributed by atoms with van der Waals surface area (Å²) in [7, 11) is 2.14. The van der Waals surface area contributed by atoms with Crippen molar-refractivity contribution in [2.24, 2.45) is 0 Å². The van der Waals surface area contributed by atoms with Crippen molar-refractivity contribution in [1.29, 1.82) is 0 Å². The number of pyridine rings is 1. The summed E-state index contributed by atoms with van der Waals surface area (Å²) in [4.78, 5) is 32.5. The van der Waals surface area contributed by atoms with Crippen LogP contribution in [0.3, 0.4) is 0 Å². The minimum absolute atomic E-state index is 0.0520. The summed E-state index contributed by atoms with van der Waals surface area (Å²) in [5.41, 5.74) is -0.343. The molecule has 0 saturated carbocycles. The minimum atomic E-state index is -1.43. The van der Waals surface area contributed by atoms with Gasteiger partial charge in [0, 0.05) is 31.1 Å². The summed E-state index contributed by atoms with van der Waals surface area (Å²) in [6, 6.07) is 3.99. The van der Waals surface area contributed by atoms with Crippen LogP contribution < -0.4 is 9.59 Å². The maximum atomic E-state index is 13.7. The minimum Gasteiger partial charge on any atom is -0.871 e. The van der Waals surface area contributed by atoms with Gasteiger partial charge >= 0.3 is 11.9 Å². The molecule has 2 saturated heterocycles. The number of quaternary nitrogens is 1. The van der Waals surface area contributed by atoms with E-state index in [1.165, 1.54) is 0 Å². The van der Waals surface area contributed by atoms with E-state index in [9.17, 15) is 19.8 Å². The van der Waals surface area contributed by atoms with E-state index in [1.807, 2.05) is 0 Å². The van der Waals surface area contributed by atoms with Gasteiger partial charge in [-0.05, 0) is 38.4 Å². The van der Waals surface area contributed by atoms with Gasteiger partial charge in [-0.2, -0.15) is 0 Å². The number of hydrogen-bond acceptors (Lipinski definition) is 5. The topological polar surface area (TPSA) is 93.6 Å². The fraction of sp³-hybridized carbons (Fsp3) is 0.571. The van der Waals surface area contributed by atoms with Crippen LogP contribution in [0.2, 0.25) is 0 Å². The van der Waals surface area contributed by atoms with Crippen molar-refractivity contribution in [2.75, 3.05) is 13.6 Å². The predicted molar refractivity (Wildman–Crippen MR) is 103 cm³/mol. The third kappa shape index (κ3) is 2.60. The van der Waals surface area contributed by atoms with Gasteiger partial charge in [-0.25, -0.2) is 19.1 Å². The SMILES string of the molecule is CCCC[N+]1(C2CC3CCC(C2)N3C)C(=O)C(C(=O)O)=C([O-])c2cccnc21. The molecule has 0 aliphatic carbocycles. The summed E-state index contributed by atoms with van der Waals surface area (Å²) in [5, 5.41) is 22.5. The number of hydrogen-bond donors (Lipinski definition) is 1. The summed E-state index contributed by atoms with van der Waals surface area (Å²) in [6.45, 7) is 2.53. The van der Waals surface area contributed by atoms with Gasteiger partial charge in [-0.3, -0.25) is 4.90 Å². The molecule has 4 heterocycles. The molecule has 1 aromatic rings. The Balaban J connectivity index is 1.90. The summed E-state index contributed by atoms with van der Waals surface area (Å²) >= 11 is 0. The first kappa shape index (κ1) is 19.1. The zero-order valence-corrected chi connectivity index (χ0v) is 16.4. The molecule has 2 bridgehead atoms. The predicted octanol–water partition coefficient (Wildman–Crippen LogP) is 1.51. The van der Waals surface area contributed by atoms with E-state index in [-0.39, 0.29) is 16.1 Å². The molecule has 1 N–H and O–H groups in total. The number of aliphatic carboxylic acids is 1. The Bertz CT molecular complexity index is 838. The van der Waals surface area contributed by atoms with E-state index < -0.39 is 23.2 Å². The number of nitrogens with zero attached hydrogens (tertiary/aromatic N) is 3. The highest BCUT2D eigenvalue weighted by Crippen LogP contribution is 2.45. The Labute approximate surface area is 164 Å². The lowest BCUT2D eigenvalue weighted by Gasteiger charge is -2.49. The Kier molecular flexibility index (Phi) is 4.75. The maximum absolute atomic E-state index is 13.7. The first-order chi connectivity index (χ1) is 13.4. The Morgan fingerprint density at radius 2 is 2.04 bits per heavy atom. The van der Waals surface area contributed by atoms with Crippen LogP contribution in [-0.4, -0.2) is 58.6 Å². The molecule has 3 unspecified atom stereocenters. The van der Waals surface area contributed by atoms with Crippen LogP contribution in [0.15, 0.2) is 23.9 Å². The number of carbonyl (C=O) groups is 2. The van der Waals surface area contributed by atoms with E-state index >= 15 is 0 Å².